The second kappa shape index (κ2) is 9.97. The summed E-state index contributed by atoms with van der Waals surface area (Å²) in [5.74, 6) is -0.233. The van der Waals surface area contributed by atoms with Gasteiger partial charge in [0.05, 0.1) is 0 Å². The van der Waals surface area contributed by atoms with Crippen molar-refractivity contribution in [2.24, 2.45) is 0 Å². The highest BCUT2D eigenvalue weighted by molar-refractivity contribution is 7.99. The molecular formula is C20H23FN2O2S. The topological polar surface area (TPSA) is 49.4 Å². The fourth-order valence-electron chi connectivity index (χ4n) is 2.52. The van der Waals surface area contributed by atoms with Crippen molar-refractivity contribution in [3.05, 3.63) is 66.0 Å². The maximum Gasteiger partial charge on any atom is 0.242 e. The first-order valence-corrected chi connectivity index (χ1v) is 9.43. The van der Waals surface area contributed by atoms with Crippen molar-refractivity contribution in [2.45, 2.75) is 30.8 Å². The Morgan fingerprint density at radius 1 is 1.12 bits per heavy atom. The van der Waals surface area contributed by atoms with E-state index in [9.17, 15) is 14.0 Å². The van der Waals surface area contributed by atoms with Crippen LogP contribution in [-0.4, -0.2) is 35.6 Å². The van der Waals surface area contributed by atoms with Gasteiger partial charge in [0.25, 0.3) is 0 Å². The fourth-order valence-corrected chi connectivity index (χ4v) is 3.38. The largest absolute Gasteiger partial charge is 0.357 e. The Balaban J connectivity index is 2.05. The highest BCUT2D eigenvalue weighted by atomic mass is 32.2. The Hall–Kier alpha value is -2.34. The number of likely N-dealkylation sites (N-methyl/N-ethyl adjacent to an activating group) is 1. The monoisotopic (exact) mass is 374 g/mol. The van der Waals surface area contributed by atoms with Crippen molar-refractivity contribution in [3.8, 4) is 0 Å². The van der Waals surface area contributed by atoms with Crippen LogP contribution in [0.5, 0.6) is 0 Å². The number of nitrogens with one attached hydrogen (secondary N) is 1. The quantitative estimate of drug-likeness (QED) is 0.720. The zero-order valence-corrected chi connectivity index (χ0v) is 15.8. The molecule has 0 heterocycles. The van der Waals surface area contributed by atoms with Crippen LogP contribution < -0.4 is 5.32 Å². The van der Waals surface area contributed by atoms with E-state index in [0.29, 0.717) is 11.3 Å². The number of benzene rings is 2. The highest BCUT2D eigenvalue weighted by Crippen LogP contribution is 2.20. The van der Waals surface area contributed by atoms with Gasteiger partial charge in [0.2, 0.25) is 11.8 Å². The number of hydrogen-bond donors (Lipinski definition) is 1. The maximum atomic E-state index is 14.0. The number of rotatable bonds is 8. The molecule has 0 saturated carbocycles. The van der Waals surface area contributed by atoms with Gasteiger partial charge in [-0.05, 0) is 25.1 Å². The lowest BCUT2D eigenvalue weighted by atomic mass is 10.1. The lowest BCUT2D eigenvalue weighted by Gasteiger charge is -2.28. The van der Waals surface area contributed by atoms with Crippen LogP contribution >= 0.6 is 11.8 Å². The number of nitrogens with zero attached hydrogens (tertiary/aromatic N) is 1. The van der Waals surface area contributed by atoms with Gasteiger partial charge in [-0.1, -0.05) is 36.4 Å². The van der Waals surface area contributed by atoms with Gasteiger partial charge in [-0.3, -0.25) is 9.59 Å². The van der Waals surface area contributed by atoms with Crippen molar-refractivity contribution in [3.63, 3.8) is 0 Å². The van der Waals surface area contributed by atoms with E-state index in [1.807, 2.05) is 30.3 Å². The summed E-state index contributed by atoms with van der Waals surface area (Å²) in [4.78, 5) is 27.3. The summed E-state index contributed by atoms with van der Waals surface area (Å²) in [5, 5.41) is 2.55. The molecule has 138 valence electrons. The van der Waals surface area contributed by atoms with Crippen molar-refractivity contribution < 1.29 is 14.0 Å². The molecule has 0 fully saturated rings. The molecule has 0 aliphatic carbocycles. The molecule has 2 rings (SSSR count). The second-order valence-electron chi connectivity index (χ2n) is 5.81. The third-order valence-corrected chi connectivity index (χ3v) is 5.05. The summed E-state index contributed by atoms with van der Waals surface area (Å²) >= 11 is 1.58. The van der Waals surface area contributed by atoms with Gasteiger partial charge in [0.1, 0.15) is 11.9 Å². The molecule has 2 amide bonds. The van der Waals surface area contributed by atoms with E-state index < -0.39 is 6.04 Å². The van der Waals surface area contributed by atoms with Crippen LogP contribution in [0.4, 0.5) is 4.39 Å². The zero-order valence-electron chi connectivity index (χ0n) is 14.9. The lowest BCUT2D eigenvalue weighted by Crippen LogP contribution is -2.46. The minimum absolute atomic E-state index is 0.0656. The summed E-state index contributed by atoms with van der Waals surface area (Å²) in [6, 6.07) is 15.4. The minimum atomic E-state index is -0.672. The number of hydrogen-bond acceptors (Lipinski definition) is 3. The van der Waals surface area contributed by atoms with Crippen LogP contribution in [0.3, 0.4) is 0 Å². The lowest BCUT2D eigenvalue weighted by molar-refractivity contribution is -0.140. The van der Waals surface area contributed by atoms with E-state index in [-0.39, 0.29) is 30.6 Å². The van der Waals surface area contributed by atoms with Crippen LogP contribution in [0.1, 0.15) is 18.9 Å². The molecule has 0 aromatic heterocycles. The smallest absolute Gasteiger partial charge is 0.242 e. The zero-order chi connectivity index (χ0) is 18.9. The van der Waals surface area contributed by atoms with E-state index in [2.05, 4.69) is 5.32 Å². The first-order chi connectivity index (χ1) is 12.5. The summed E-state index contributed by atoms with van der Waals surface area (Å²) in [7, 11) is 1.52. The number of carbonyl (C=O) groups is 2. The molecule has 2 aromatic carbocycles. The summed E-state index contributed by atoms with van der Waals surface area (Å²) < 4.78 is 14.0. The van der Waals surface area contributed by atoms with Crippen LogP contribution in [0.2, 0.25) is 0 Å². The van der Waals surface area contributed by atoms with Gasteiger partial charge in [-0.15, -0.1) is 11.8 Å². The molecule has 1 atom stereocenters. The predicted octanol–water partition coefficient (Wildman–Crippen LogP) is 3.47. The third-order valence-electron chi connectivity index (χ3n) is 4.04. The van der Waals surface area contributed by atoms with Gasteiger partial charge in [-0.25, -0.2) is 4.39 Å². The predicted molar refractivity (Wildman–Crippen MR) is 102 cm³/mol. The van der Waals surface area contributed by atoms with Crippen molar-refractivity contribution in [1.82, 2.24) is 10.2 Å². The van der Waals surface area contributed by atoms with Crippen LogP contribution in [0.25, 0.3) is 0 Å². The Bertz CT molecular complexity index is 740. The van der Waals surface area contributed by atoms with Crippen molar-refractivity contribution in [1.29, 1.82) is 0 Å². The van der Waals surface area contributed by atoms with Crippen molar-refractivity contribution in [2.75, 3.05) is 12.8 Å². The van der Waals surface area contributed by atoms with Crippen LogP contribution in [0, 0.1) is 5.82 Å². The van der Waals surface area contributed by atoms with E-state index in [1.54, 1.807) is 36.9 Å². The Labute approximate surface area is 157 Å². The Morgan fingerprint density at radius 3 is 2.42 bits per heavy atom. The summed E-state index contributed by atoms with van der Waals surface area (Å²) in [5.41, 5.74) is 0.396. The SMILES string of the molecule is CNC(=O)C(C)N(Cc1ccccc1F)C(=O)CCSc1ccccc1. The standard InChI is InChI=1S/C20H23FN2O2S/c1-15(20(25)22-2)23(14-16-8-6-7-11-18(16)21)19(24)12-13-26-17-9-4-3-5-10-17/h3-11,15H,12-14H2,1-2H3,(H,22,25). The molecule has 0 bridgehead atoms. The molecule has 0 radical (unpaired) electrons. The molecule has 0 saturated heterocycles. The molecule has 1 N–H and O–H groups in total. The molecule has 6 heteroatoms. The van der Waals surface area contributed by atoms with E-state index >= 15 is 0 Å². The molecule has 0 spiro atoms. The van der Waals surface area contributed by atoms with Crippen molar-refractivity contribution >= 4 is 23.6 Å². The molecule has 1 unspecified atom stereocenters. The fraction of sp³-hybridized carbons (Fsp3) is 0.300. The van der Waals surface area contributed by atoms with Gasteiger partial charge in [0, 0.05) is 36.2 Å². The van der Waals surface area contributed by atoms with Crippen LogP contribution in [0.15, 0.2) is 59.5 Å². The number of thioether (sulfide) groups is 1. The van der Waals surface area contributed by atoms with Gasteiger partial charge >= 0.3 is 0 Å². The molecule has 26 heavy (non-hydrogen) atoms. The summed E-state index contributed by atoms with van der Waals surface area (Å²) in [6.07, 6.45) is 0.273. The molecule has 4 nitrogen and oxygen atoms in total. The molecule has 2 aromatic rings. The second-order valence-corrected chi connectivity index (χ2v) is 6.98. The van der Waals surface area contributed by atoms with Gasteiger partial charge < -0.3 is 10.2 Å². The highest BCUT2D eigenvalue weighted by Gasteiger charge is 2.25. The number of carbonyl (C=O) groups excluding carboxylic acids is 2. The summed E-state index contributed by atoms with van der Waals surface area (Å²) in [6.45, 7) is 1.72. The van der Waals surface area contributed by atoms with Crippen LogP contribution in [-0.2, 0) is 16.1 Å². The van der Waals surface area contributed by atoms with E-state index in [4.69, 9.17) is 0 Å². The first kappa shape index (κ1) is 20.0. The minimum Gasteiger partial charge on any atom is -0.357 e. The maximum absolute atomic E-state index is 14.0. The normalized spacial score (nSPS) is 11.7. The average molecular weight is 374 g/mol. The molecular weight excluding hydrogens is 351 g/mol. The van der Waals surface area contributed by atoms with Gasteiger partial charge in [0.15, 0.2) is 0 Å². The Kier molecular flexibility index (Phi) is 7.66. The van der Waals surface area contributed by atoms with E-state index in [1.165, 1.54) is 18.0 Å². The van der Waals surface area contributed by atoms with E-state index in [0.717, 1.165) is 4.90 Å². The average Bonchev–Trinajstić information content (AvgIpc) is 2.67. The third kappa shape index (κ3) is 5.59. The van der Waals surface area contributed by atoms with Gasteiger partial charge in [-0.2, -0.15) is 0 Å². The Morgan fingerprint density at radius 2 is 1.77 bits per heavy atom. The number of amides is 2. The molecule has 0 aliphatic heterocycles. The first-order valence-electron chi connectivity index (χ1n) is 8.45. The number of halogens is 1. The molecule has 0 aliphatic rings.